The lowest BCUT2D eigenvalue weighted by Crippen LogP contribution is -2.61. The number of hydrogen-bond acceptors (Lipinski definition) is 3. The second-order valence-electron chi connectivity index (χ2n) is 6.13. The van der Waals surface area contributed by atoms with Gasteiger partial charge in [-0.3, -0.25) is 4.79 Å². The van der Waals surface area contributed by atoms with Crippen LogP contribution in [0.4, 0.5) is 4.79 Å². The van der Waals surface area contributed by atoms with Crippen LogP contribution in [0.1, 0.15) is 45.4 Å². The van der Waals surface area contributed by atoms with E-state index < -0.39 is 5.54 Å². The highest BCUT2D eigenvalue weighted by Crippen LogP contribution is 2.32. The molecule has 1 saturated heterocycles. The number of amides is 3. The summed E-state index contributed by atoms with van der Waals surface area (Å²) in [5.74, 6) is 0.112. The van der Waals surface area contributed by atoms with E-state index in [9.17, 15) is 9.59 Å². The summed E-state index contributed by atoms with van der Waals surface area (Å²) in [7, 11) is 1.97. The Morgan fingerprint density at radius 1 is 1.19 bits per heavy atom. The van der Waals surface area contributed by atoms with Crippen molar-refractivity contribution in [2.24, 2.45) is 0 Å². The number of nitrogens with zero attached hydrogens (tertiary/aromatic N) is 1. The molecule has 2 fully saturated rings. The number of piperidine rings is 1. The van der Waals surface area contributed by atoms with Gasteiger partial charge in [0.2, 0.25) is 5.91 Å². The Bertz CT molecular complexity index is 372. The first-order valence-corrected chi connectivity index (χ1v) is 8.14. The smallest absolute Gasteiger partial charge is 0.315 e. The minimum atomic E-state index is -0.675. The summed E-state index contributed by atoms with van der Waals surface area (Å²) in [6.07, 6.45) is 5.50. The summed E-state index contributed by atoms with van der Waals surface area (Å²) in [6, 6.07) is 0.280. The highest BCUT2D eigenvalue weighted by molar-refractivity contribution is 5.91. The fourth-order valence-corrected chi connectivity index (χ4v) is 3.47. The third-order valence-electron chi connectivity index (χ3n) is 4.75. The number of likely N-dealkylation sites (tertiary alicyclic amines) is 1. The number of rotatable bonds is 4. The Kier molecular flexibility index (Phi) is 5.45. The standard InChI is InChI=1S/C15H28N4O2/c1-3-17-14(21)18-15(8-4-5-9-15)13(20)19-10-6-12(16-2)7-11-19/h12,16H,3-11H2,1-2H3,(H2,17,18,21). The maximum atomic E-state index is 12.9. The lowest BCUT2D eigenvalue weighted by Gasteiger charge is -2.38. The summed E-state index contributed by atoms with van der Waals surface area (Å²) in [6.45, 7) is 4.02. The van der Waals surface area contributed by atoms with Crippen LogP contribution in [0.2, 0.25) is 0 Å². The van der Waals surface area contributed by atoms with Crippen molar-refractivity contribution in [2.75, 3.05) is 26.7 Å². The molecule has 120 valence electrons. The maximum Gasteiger partial charge on any atom is 0.315 e. The van der Waals surface area contributed by atoms with Crippen molar-refractivity contribution in [3.05, 3.63) is 0 Å². The van der Waals surface area contributed by atoms with Crippen LogP contribution in [-0.2, 0) is 4.79 Å². The molecule has 0 spiro atoms. The van der Waals surface area contributed by atoms with Gasteiger partial charge >= 0.3 is 6.03 Å². The molecule has 0 aromatic rings. The Balaban J connectivity index is 2.00. The van der Waals surface area contributed by atoms with Crippen LogP contribution in [0.5, 0.6) is 0 Å². The molecule has 3 amide bonds. The minimum Gasteiger partial charge on any atom is -0.341 e. The average molecular weight is 296 g/mol. The monoisotopic (exact) mass is 296 g/mol. The van der Waals surface area contributed by atoms with E-state index in [0.717, 1.165) is 51.6 Å². The molecule has 0 aromatic heterocycles. The molecule has 6 heteroatoms. The van der Waals surface area contributed by atoms with Gasteiger partial charge in [0.1, 0.15) is 5.54 Å². The molecule has 0 aromatic carbocycles. The first-order chi connectivity index (χ1) is 10.1. The Hall–Kier alpha value is -1.30. The molecule has 0 bridgehead atoms. The van der Waals surface area contributed by atoms with Gasteiger partial charge in [-0.1, -0.05) is 12.8 Å². The average Bonchev–Trinajstić information content (AvgIpc) is 2.96. The zero-order valence-corrected chi connectivity index (χ0v) is 13.2. The fourth-order valence-electron chi connectivity index (χ4n) is 3.47. The van der Waals surface area contributed by atoms with E-state index in [-0.39, 0.29) is 11.9 Å². The first kappa shape index (κ1) is 16.1. The van der Waals surface area contributed by atoms with Crippen molar-refractivity contribution in [3.8, 4) is 0 Å². The molecule has 2 aliphatic rings. The summed E-state index contributed by atoms with van der Waals surface area (Å²) in [5.41, 5.74) is -0.675. The van der Waals surface area contributed by atoms with E-state index in [1.165, 1.54) is 0 Å². The lowest BCUT2D eigenvalue weighted by atomic mass is 9.93. The molecular formula is C15H28N4O2. The molecular weight excluding hydrogens is 268 g/mol. The molecule has 0 atom stereocenters. The van der Waals surface area contributed by atoms with Crippen LogP contribution in [0.25, 0.3) is 0 Å². The Labute approximate surface area is 127 Å². The molecule has 2 rings (SSSR count). The van der Waals surface area contributed by atoms with Crippen LogP contribution in [0.15, 0.2) is 0 Å². The fraction of sp³-hybridized carbons (Fsp3) is 0.867. The highest BCUT2D eigenvalue weighted by Gasteiger charge is 2.45. The molecule has 1 saturated carbocycles. The van der Waals surface area contributed by atoms with E-state index in [4.69, 9.17) is 0 Å². The summed E-state index contributed by atoms with van der Waals surface area (Å²) in [4.78, 5) is 26.7. The summed E-state index contributed by atoms with van der Waals surface area (Å²) >= 11 is 0. The van der Waals surface area contributed by atoms with Crippen LogP contribution in [-0.4, -0.2) is 55.1 Å². The van der Waals surface area contributed by atoms with E-state index in [1.54, 1.807) is 0 Å². The molecule has 1 aliphatic heterocycles. The van der Waals surface area contributed by atoms with Crippen LogP contribution in [0, 0.1) is 0 Å². The van der Waals surface area contributed by atoms with Crippen LogP contribution >= 0.6 is 0 Å². The lowest BCUT2D eigenvalue weighted by molar-refractivity contribution is -0.139. The van der Waals surface area contributed by atoms with Crippen molar-refractivity contribution < 1.29 is 9.59 Å². The van der Waals surface area contributed by atoms with Gasteiger partial charge < -0.3 is 20.9 Å². The van der Waals surface area contributed by atoms with Crippen molar-refractivity contribution in [1.82, 2.24) is 20.9 Å². The third-order valence-corrected chi connectivity index (χ3v) is 4.75. The minimum absolute atomic E-state index is 0.112. The SMILES string of the molecule is CCNC(=O)NC1(C(=O)N2CCC(NC)CC2)CCCC1. The predicted molar refractivity (Wildman–Crippen MR) is 82.1 cm³/mol. The quantitative estimate of drug-likeness (QED) is 0.719. The van der Waals surface area contributed by atoms with Gasteiger partial charge in [0, 0.05) is 25.7 Å². The second-order valence-corrected chi connectivity index (χ2v) is 6.13. The van der Waals surface area contributed by atoms with E-state index in [1.807, 2.05) is 18.9 Å². The molecule has 6 nitrogen and oxygen atoms in total. The zero-order chi connectivity index (χ0) is 15.3. The maximum absolute atomic E-state index is 12.9. The van der Waals surface area contributed by atoms with Gasteiger partial charge in [0.25, 0.3) is 0 Å². The molecule has 3 N–H and O–H groups in total. The largest absolute Gasteiger partial charge is 0.341 e. The topological polar surface area (TPSA) is 73.5 Å². The van der Waals surface area contributed by atoms with Crippen molar-refractivity contribution in [3.63, 3.8) is 0 Å². The molecule has 0 unspecified atom stereocenters. The van der Waals surface area contributed by atoms with Gasteiger partial charge in [-0.05, 0) is 39.7 Å². The number of nitrogens with one attached hydrogen (secondary N) is 3. The van der Waals surface area contributed by atoms with Crippen molar-refractivity contribution in [1.29, 1.82) is 0 Å². The van der Waals surface area contributed by atoms with Gasteiger partial charge in [0.05, 0.1) is 0 Å². The van der Waals surface area contributed by atoms with Gasteiger partial charge in [-0.2, -0.15) is 0 Å². The number of urea groups is 1. The highest BCUT2D eigenvalue weighted by atomic mass is 16.2. The zero-order valence-electron chi connectivity index (χ0n) is 13.2. The van der Waals surface area contributed by atoms with Gasteiger partial charge in [-0.15, -0.1) is 0 Å². The van der Waals surface area contributed by atoms with Crippen molar-refractivity contribution >= 4 is 11.9 Å². The van der Waals surface area contributed by atoms with Crippen LogP contribution < -0.4 is 16.0 Å². The number of hydrogen-bond donors (Lipinski definition) is 3. The summed E-state index contributed by atoms with van der Waals surface area (Å²) < 4.78 is 0. The van der Waals surface area contributed by atoms with Gasteiger partial charge in [0.15, 0.2) is 0 Å². The van der Waals surface area contributed by atoms with Crippen LogP contribution in [0.3, 0.4) is 0 Å². The Morgan fingerprint density at radius 2 is 1.81 bits per heavy atom. The molecule has 21 heavy (non-hydrogen) atoms. The van der Waals surface area contributed by atoms with Crippen molar-refractivity contribution in [2.45, 2.75) is 57.0 Å². The third kappa shape index (κ3) is 3.67. The second kappa shape index (κ2) is 7.11. The number of carbonyl (C=O) groups is 2. The molecule has 0 radical (unpaired) electrons. The normalized spacial score (nSPS) is 22.1. The predicted octanol–water partition coefficient (Wildman–Crippen LogP) is 0.829. The summed E-state index contributed by atoms with van der Waals surface area (Å²) in [5, 5.41) is 8.97. The molecule has 1 heterocycles. The van der Waals surface area contributed by atoms with E-state index >= 15 is 0 Å². The number of carbonyl (C=O) groups excluding carboxylic acids is 2. The first-order valence-electron chi connectivity index (χ1n) is 8.14. The van der Waals surface area contributed by atoms with Gasteiger partial charge in [-0.25, -0.2) is 4.79 Å². The van der Waals surface area contributed by atoms with E-state index in [0.29, 0.717) is 12.6 Å². The molecule has 1 aliphatic carbocycles. The van der Waals surface area contributed by atoms with E-state index in [2.05, 4.69) is 16.0 Å². The Morgan fingerprint density at radius 3 is 2.33 bits per heavy atom.